The molecule has 1 rings (SSSR count). The van der Waals surface area contributed by atoms with Gasteiger partial charge in [0.05, 0.1) is 0 Å². The topological polar surface area (TPSA) is 23.1 Å². The molecule has 0 aliphatic rings. The SMILES string of the molecule is C[O-].[Br-].[Mg+2].[c-]1ccccc1. The molecule has 0 radical (unpaired) electrons. The first-order valence-electron chi connectivity index (χ1n) is 2.32. The van der Waals surface area contributed by atoms with E-state index >= 15 is 0 Å². The molecule has 0 saturated carbocycles. The van der Waals surface area contributed by atoms with Crippen LogP contribution in [-0.2, 0) is 0 Å². The fourth-order valence-electron chi connectivity index (χ4n) is 0.342. The molecular weight excluding hydrogens is 204 g/mol. The van der Waals surface area contributed by atoms with E-state index in [9.17, 15) is 0 Å². The van der Waals surface area contributed by atoms with Crippen LogP contribution < -0.4 is 22.1 Å². The summed E-state index contributed by atoms with van der Waals surface area (Å²) in [5.74, 6) is 0. The molecule has 1 aromatic carbocycles. The fourth-order valence-corrected chi connectivity index (χ4v) is 0.342. The Kier molecular flexibility index (Phi) is 27.2. The monoisotopic (exact) mass is 211 g/mol. The van der Waals surface area contributed by atoms with E-state index in [1.54, 1.807) is 0 Å². The van der Waals surface area contributed by atoms with Gasteiger partial charge in [-0.05, 0) is 0 Å². The van der Waals surface area contributed by atoms with Crippen LogP contribution in [0, 0.1) is 6.07 Å². The molecule has 0 heterocycles. The Labute approximate surface area is 88.4 Å². The van der Waals surface area contributed by atoms with Crippen molar-refractivity contribution in [2.75, 3.05) is 7.11 Å². The summed E-state index contributed by atoms with van der Waals surface area (Å²) in [6.45, 7) is 0. The minimum Gasteiger partial charge on any atom is -1.00 e. The average molecular weight is 212 g/mol. The largest absolute Gasteiger partial charge is 2.00 e. The number of hydrogen-bond donors (Lipinski definition) is 0. The molecule has 0 saturated heterocycles. The summed E-state index contributed by atoms with van der Waals surface area (Å²) in [6, 6.07) is 12.5. The summed E-state index contributed by atoms with van der Waals surface area (Å²) < 4.78 is 0. The number of benzene rings is 1. The maximum absolute atomic E-state index is 8.25. The third kappa shape index (κ3) is 11.3. The van der Waals surface area contributed by atoms with Crippen molar-refractivity contribution in [1.82, 2.24) is 0 Å². The Morgan fingerprint density at radius 3 is 1.50 bits per heavy atom. The molecule has 52 valence electrons. The average Bonchev–Trinajstić information content (AvgIpc) is 1.96. The first-order valence-corrected chi connectivity index (χ1v) is 2.32. The second-order valence-electron chi connectivity index (χ2n) is 1.08. The Bertz CT molecular complexity index is 85.5. The Hall–Kier alpha value is 0.426. The number of hydrogen-bond acceptors (Lipinski definition) is 1. The Morgan fingerprint density at radius 1 is 1.00 bits per heavy atom. The van der Waals surface area contributed by atoms with Crippen LogP contribution in [0.4, 0.5) is 0 Å². The van der Waals surface area contributed by atoms with Crippen molar-refractivity contribution >= 4 is 23.1 Å². The van der Waals surface area contributed by atoms with Crippen LogP contribution in [0.15, 0.2) is 30.3 Å². The fraction of sp³-hybridized carbons (Fsp3) is 0.143. The molecule has 1 nitrogen and oxygen atoms in total. The molecule has 10 heavy (non-hydrogen) atoms. The predicted molar refractivity (Wildman–Crippen MR) is 37.0 cm³/mol. The van der Waals surface area contributed by atoms with Crippen molar-refractivity contribution in [3.63, 3.8) is 0 Å². The van der Waals surface area contributed by atoms with E-state index in [1.165, 1.54) is 0 Å². The second-order valence-corrected chi connectivity index (χ2v) is 1.08. The van der Waals surface area contributed by atoms with Crippen LogP contribution in [0.1, 0.15) is 0 Å². The molecule has 3 heteroatoms. The maximum atomic E-state index is 8.25. The summed E-state index contributed by atoms with van der Waals surface area (Å²) in [7, 11) is 0.750. The predicted octanol–water partition coefficient (Wildman–Crippen LogP) is -2.91. The molecule has 0 unspecified atom stereocenters. The molecule has 0 amide bonds. The molecule has 1 aromatic rings. The van der Waals surface area contributed by atoms with Crippen molar-refractivity contribution in [2.45, 2.75) is 0 Å². The molecule has 0 aromatic heterocycles. The van der Waals surface area contributed by atoms with Gasteiger partial charge in [-0.15, -0.1) is 0 Å². The zero-order valence-corrected chi connectivity index (χ0v) is 8.88. The van der Waals surface area contributed by atoms with Gasteiger partial charge in [-0.25, -0.2) is 0 Å². The zero-order valence-electron chi connectivity index (χ0n) is 5.88. The number of rotatable bonds is 0. The Balaban J connectivity index is -0.000000114. The normalized spacial score (nSPS) is 5.40. The van der Waals surface area contributed by atoms with Gasteiger partial charge in [0.25, 0.3) is 0 Å². The van der Waals surface area contributed by atoms with Crippen LogP contribution in [0.2, 0.25) is 0 Å². The van der Waals surface area contributed by atoms with E-state index in [2.05, 4.69) is 6.07 Å². The van der Waals surface area contributed by atoms with Gasteiger partial charge in [0.15, 0.2) is 0 Å². The number of halogens is 1. The quantitative estimate of drug-likeness (QED) is 0.334. The van der Waals surface area contributed by atoms with Gasteiger partial charge in [-0.1, -0.05) is 0 Å². The maximum Gasteiger partial charge on any atom is 2.00 e. The minimum atomic E-state index is 0. The first kappa shape index (κ1) is 16.8. The van der Waals surface area contributed by atoms with E-state index in [0.29, 0.717) is 0 Å². The van der Waals surface area contributed by atoms with Crippen LogP contribution >= 0.6 is 0 Å². The van der Waals surface area contributed by atoms with E-state index in [4.69, 9.17) is 5.11 Å². The van der Waals surface area contributed by atoms with Crippen LogP contribution in [0.25, 0.3) is 0 Å². The molecule has 0 bridgehead atoms. The van der Waals surface area contributed by atoms with Gasteiger partial charge in [0, 0.05) is 0 Å². The molecule has 0 aliphatic carbocycles. The van der Waals surface area contributed by atoms with Gasteiger partial charge in [0.2, 0.25) is 0 Å². The van der Waals surface area contributed by atoms with Crippen LogP contribution in [0.3, 0.4) is 0 Å². The Morgan fingerprint density at radius 2 is 1.40 bits per heavy atom. The van der Waals surface area contributed by atoms with Gasteiger partial charge in [-0.3, -0.25) is 0 Å². The summed E-state index contributed by atoms with van der Waals surface area (Å²) in [4.78, 5) is 0. The van der Waals surface area contributed by atoms with Crippen molar-refractivity contribution in [3.05, 3.63) is 36.4 Å². The third-order valence-corrected chi connectivity index (χ3v) is 0.607. The smallest absolute Gasteiger partial charge is 1.00 e. The van der Waals surface area contributed by atoms with Gasteiger partial charge >= 0.3 is 23.1 Å². The van der Waals surface area contributed by atoms with Crippen LogP contribution in [0.5, 0.6) is 0 Å². The van der Waals surface area contributed by atoms with Crippen molar-refractivity contribution in [3.8, 4) is 0 Å². The summed E-state index contributed by atoms with van der Waals surface area (Å²) in [6.07, 6.45) is 0. The third-order valence-electron chi connectivity index (χ3n) is 0.607. The van der Waals surface area contributed by atoms with E-state index in [1.807, 2.05) is 30.3 Å². The molecule has 0 fully saturated rings. The van der Waals surface area contributed by atoms with Gasteiger partial charge in [0.1, 0.15) is 0 Å². The summed E-state index contributed by atoms with van der Waals surface area (Å²) in [5, 5.41) is 8.25. The molecular formula is C7H8BrMgO-. The first-order chi connectivity index (χ1) is 4.00. The standard InChI is InChI=1S/C6H5.CH3O.BrH.Mg/c1-2-4-6-5-3-1;1-2;;/h1-5H;1H3;1H;/q2*-1;;+2/p-1. The van der Waals surface area contributed by atoms with Gasteiger partial charge in [-0.2, -0.15) is 43.5 Å². The minimum absolute atomic E-state index is 0. The molecule has 0 atom stereocenters. The molecule has 0 spiro atoms. The van der Waals surface area contributed by atoms with Gasteiger partial charge < -0.3 is 22.1 Å². The van der Waals surface area contributed by atoms with Crippen molar-refractivity contribution in [2.24, 2.45) is 0 Å². The summed E-state index contributed by atoms with van der Waals surface area (Å²) >= 11 is 0. The molecule has 0 N–H and O–H groups in total. The second kappa shape index (κ2) is 16.2. The van der Waals surface area contributed by atoms with Crippen molar-refractivity contribution in [1.29, 1.82) is 0 Å². The van der Waals surface area contributed by atoms with E-state index < -0.39 is 0 Å². The van der Waals surface area contributed by atoms with E-state index in [0.717, 1.165) is 7.11 Å². The van der Waals surface area contributed by atoms with E-state index in [-0.39, 0.29) is 40.0 Å². The zero-order chi connectivity index (χ0) is 6.24. The van der Waals surface area contributed by atoms with Crippen LogP contribution in [-0.4, -0.2) is 30.2 Å². The van der Waals surface area contributed by atoms with Crippen molar-refractivity contribution < 1.29 is 22.1 Å². The summed E-state index contributed by atoms with van der Waals surface area (Å²) in [5.41, 5.74) is 0. The molecule has 0 aliphatic heterocycles.